The van der Waals surface area contributed by atoms with Crippen molar-refractivity contribution in [1.29, 1.82) is 0 Å². The van der Waals surface area contributed by atoms with Crippen LogP contribution in [0.15, 0.2) is 30.4 Å². The minimum atomic E-state index is -1.12. The van der Waals surface area contributed by atoms with Gasteiger partial charge in [-0.2, -0.15) is 0 Å². The molecule has 5 atom stereocenters. The number of carbonyl (C=O) groups is 3. The van der Waals surface area contributed by atoms with Gasteiger partial charge in [0.2, 0.25) is 17.7 Å². The Balaban J connectivity index is 1.42. The Kier molecular flexibility index (Phi) is 6.90. The van der Waals surface area contributed by atoms with Crippen molar-refractivity contribution in [2.75, 3.05) is 11.9 Å². The van der Waals surface area contributed by atoms with Crippen LogP contribution in [0.3, 0.4) is 0 Å². The van der Waals surface area contributed by atoms with Crippen LogP contribution in [0.5, 0.6) is 0 Å². The average molecular weight is 514 g/mol. The topological polar surface area (TPSA) is 87.7 Å². The molecule has 3 amide bonds. The molecule has 7 nitrogen and oxygen atoms in total. The molecule has 1 saturated carbocycles. The van der Waals surface area contributed by atoms with Crippen molar-refractivity contribution < 1.29 is 19.1 Å². The normalized spacial score (nSPS) is 31.2. The van der Waals surface area contributed by atoms with E-state index in [1.54, 1.807) is 17.0 Å². The number of nitrogens with zero attached hydrogens (tertiary/aromatic N) is 1. The summed E-state index contributed by atoms with van der Waals surface area (Å²) in [4.78, 5) is 42.8. The summed E-state index contributed by atoms with van der Waals surface area (Å²) in [5, 5.41) is 6.72. The third kappa shape index (κ3) is 4.34. The molecule has 1 aromatic rings. The number of benzene rings is 1. The van der Waals surface area contributed by atoms with Gasteiger partial charge in [0.05, 0.1) is 17.9 Å². The quantitative estimate of drug-likeness (QED) is 0.534. The highest BCUT2D eigenvalue weighted by Gasteiger charge is 2.72. The van der Waals surface area contributed by atoms with E-state index in [0.29, 0.717) is 23.2 Å². The van der Waals surface area contributed by atoms with E-state index in [1.807, 2.05) is 25.1 Å². The van der Waals surface area contributed by atoms with Crippen LogP contribution in [0.2, 0.25) is 5.02 Å². The molecule has 0 radical (unpaired) electrons. The van der Waals surface area contributed by atoms with Crippen LogP contribution < -0.4 is 10.6 Å². The van der Waals surface area contributed by atoms with Gasteiger partial charge in [0, 0.05) is 23.3 Å². The fourth-order valence-corrected chi connectivity index (χ4v) is 6.51. The van der Waals surface area contributed by atoms with E-state index in [0.717, 1.165) is 37.7 Å². The van der Waals surface area contributed by atoms with Gasteiger partial charge in [0.1, 0.15) is 11.6 Å². The standard InChI is InChI=1S/C28H36ClN3O4/c1-16(2)12-14-32-24(26(34)30-18-7-5-4-6-8-18)28-13-11-21(36-28)22(23(28)27(32)35)25(33)31-19-10-9-17(3)20(29)15-19/h9-11,13,15-16,18,21-24H,4-8,12,14H2,1-3H3,(H,30,34)(H,31,33)/t21-,22+,23-,24-,28-/m0/s1. The third-order valence-electron chi connectivity index (χ3n) is 8.26. The first-order chi connectivity index (χ1) is 17.2. The molecule has 1 aromatic carbocycles. The van der Waals surface area contributed by atoms with E-state index in [2.05, 4.69) is 24.5 Å². The fraction of sp³-hybridized carbons (Fsp3) is 0.607. The highest BCUT2D eigenvalue weighted by atomic mass is 35.5. The maximum absolute atomic E-state index is 13.9. The van der Waals surface area contributed by atoms with E-state index >= 15 is 0 Å². The van der Waals surface area contributed by atoms with Gasteiger partial charge < -0.3 is 20.3 Å². The highest BCUT2D eigenvalue weighted by Crippen LogP contribution is 2.55. The second kappa shape index (κ2) is 9.82. The lowest BCUT2D eigenvalue weighted by Crippen LogP contribution is -2.56. The second-order valence-corrected chi connectivity index (χ2v) is 11.6. The lowest BCUT2D eigenvalue weighted by molar-refractivity contribution is -0.141. The highest BCUT2D eigenvalue weighted by molar-refractivity contribution is 6.31. The van der Waals surface area contributed by atoms with Gasteiger partial charge in [-0.25, -0.2) is 0 Å². The monoisotopic (exact) mass is 513 g/mol. The first-order valence-electron chi connectivity index (χ1n) is 13.3. The third-order valence-corrected chi connectivity index (χ3v) is 8.67. The molecular weight excluding hydrogens is 478 g/mol. The van der Waals surface area contributed by atoms with Crippen LogP contribution in [-0.4, -0.2) is 53.0 Å². The Hall–Kier alpha value is -2.38. The largest absolute Gasteiger partial charge is 0.359 e. The smallest absolute Gasteiger partial charge is 0.246 e. The van der Waals surface area contributed by atoms with Crippen molar-refractivity contribution in [3.63, 3.8) is 0 Å². The average Bonchev–Trinajstić information content (AvgIpc) is 3.48. The summed E-state index contributed by atoms with van der Waals surface area (Å²) in [7, 11) is 0. The molecule has 0 unspecified atom stereocenters. The van der Waals surface area contributed by atoms with Gasteiger partial charge in [0.15, 0.2) is 0 Å². The fourth-order valence-electron chi connectivity index (χ4n) is 6.33. The molecule has 3 heterocycles. The number of rotatable bonds is 7. The minimum absolute atomic E-state index is 0.122. The summed E-state index contributed by atoms with van der Waals surface area (Å²) in [6.07, 6.45) is 9.25. The lowest BCUT2D eigenvalue weighted by Gasteiger charge is -2.34. The minimum Gasteiger partial charge on any atom is -0.359 e. The Bertz CT molecular complexity index is 1080. The van der Waals surface area contributed by atoms with E-state index < -0.39 is 29.6 Å². The zero-order valence-electron chi connectivity index (χ0n) is 21.3. The molecule has 8 heteroatoms. The van der Waals surface area contributed by atoms with Gasteiger partial charge in [0.25, 0.3) is 0 Å². The number of carbonyl (C=O) groups excluding carboxylic acids is 3. The first-order valence-corrected chi connectivity index (χ1v) is 13.6. The summed E-state index contributed by atoms with van der Waals surface area (Å²) in [5.74, 6) is -1.71. The molecule has 1 spiro atoms. The van der Waals surface area contributed by atoms with Crippen LogP contribution in [0, 0.1) is 24.7 Å². The van der Waals surface area contributed by atoms with Crippen molar-refractivity contribution in [2.45, 2.75) is 83.1 Å². The zero-order chi connectivity index (χ0) is 25.6. The summed E-state index contributed by atoms with van der Waals surface area (Å²) in [5.41, 5.74) is 0.369. The summed E-state index contributed by atoms with van der Waals surface area (Å²) >= 11 is 6.25. The van der Waals surface area contributed by atoms with Gasteiger partial charge in [-0.15, -0.1) is 0 Å². The molecule has 4 aliphatic rings. The second-order valence-electron chi connectivity index (χ2n) is 11.2. The van der Waals surface area contributed by atoms with Crippen molar-refractivity contribution in [3.05, 3.63) is 40.9 Å². The summed E-state index contributed by atoms with van der Waals surface area (Å²) in [6, 6.07) is 4.70. The maximum atomic E-state index is 13.9. The molecule has 2 bridgehead atoms. The number of aryl methyl sites for hydroxylation is 1. The lowest BCUT2D eigenvalue weighted by atomic mass is 9.74. The number of ether oxygens (including phenoxy) is 1. The van der Waals surface area contributed by atoms with Gasteiger partial charge in [-0.3, -0.25) is 14.4 Å². The molecule has 1 aliphatic carbocycles. The summed E-state index contributed by atoms with van der Waals surface area (Å²) in [6.45, 7) is 6.55. The molecule has 36 heavy (non-hydrogen) atoms. The van der Waals surface area contributed by atoms with Gasteiger partial charge in [-0.05, 0) is 49.8 Å². The molecule has 3 aliphatic heterocycles. The van der Waals surface area contributed by atoms with E-state index in [-0.39, 0.29) is 23.8 Å². The predicted octanol–water partition coefficient (Wildman–Crippen LogP) is 4.23. The Morgan fingerprint density at radius 2 is 1.94 bits per heavy atom. The van der Waals surface area contributed by atoms with Crippen molar-refractivity contribution >= 4 is 35.0 Å². The Labute approximate surface area is 218 Å². The van der Waals surface area contributed by atoms with Crippen LogP contribution >= 0.6 is 11.6 Å². The van der Waals surface area contributed by atoms with Crippen molar-refractivity contribution in [2.24, 2.45) is 17.8 Å². The number of halogens is 1. The number of hydrogen-bond donors (Lipinski definition) is 2. The molecule has 3 fully saturated rings. The number of fused-ring (bicyclic) bond motifs is 1. The predicted molar refractivity (Wildman–Crippen MR) is 139 cm³/mol. The molecule has 2 N–H and O–H groups in total. The Morgan fingerprint density at radius 1 is 1.19 bits per heavy atom. The Morgan fingerprint density at radius 3 is 2.64 bits per heavy atom. The van der Waals surface area contributed by atoms with E-state index in [1.165, 1.54) is 6.42 Å². The van der Waals surface area contributed by atoms with Crippen molar-refractivity contribution in [3.8, 4) is 0 Å². The number of likely N-dealkylation sites (tertiary alicyclic amines) is 1. The zero-order valence-corrected chi connectivity index (χ0v) is 22.0. The van der Waals surface area contributed by atoms with Crippen molar-refractivity contribution in [1.82, 2.24) is 10.2 Å². The maximum Gasteiger partial charge on any atom is 0.246 e. The molecule has 0 aromatic heterocycles. The molecule has 194 valence electrons. The van der Waals surface area contributed by atoms with Crippen LogP contribution in [0.25, 0.3) is 0 Å². The molecule has 5 rings (SSSR count). The van der Waals surface area contributed by atoms with Crippen LogP contribution in [0.1, 0.15) is 57.9 Å². The van der Waals surface area contributed by atoms with E-state index in [9.17, 15) is 14.4 Å². The van der Waals surface area contributed by atoms with Gasteiger partial charge >= 0.3 is 0 Å². The van der Waals surface area contributed by atoms with Crippen LogP contribution in [-0.2, 0) is 19.1 Å². The van der Waals surface area contributed by atoms with E-state index in [4.69, 9.17) is 16.3 Å². The molecule has 2 saturated heterocycles. The number of hydrogen-bond acceptors (Lipinski definition) is 4. The number of nitrogens with one attached hydrogen (secondary N) is 2. The number of amides is 3. The first kappa shape index (κ1) is 25.3. The molecular formula is C28H36ClN3O4. The number of anilines is 1. The summed E-state index contributed by atoms with van der Waals surface area (Å²) < 4.78 is 6.41. The van der Waals surface area contributed by atoms with Gasteiger partial charge in [-0.1, -0.05) is 62.9 Å². The van der Waals surface area contributed by atoms with Crippen LogP contribution in [0.4, 0.5) is 5.69 Å². The SMILES string of the molecule is Cc1ccc(NC(=O)[C@@H]2[C@@H]3C=C[C@]4(O3)[C@@H]2C(=O)N(CCC(C)C)[C@H]4C(=O)NC2CCCCC2)cc1Cl.